The van der Waals surface area contributed by atoms with Gasteiger partial charge in [0.2, 0.25) is 0 Å². The van der Waals surface area contributed by atoms with Gasteiger partial charge in [-0.15, -0.1) is 0 Å². The second-order valence-corrected chi connectivity index (χ2v) is 6.17. The highest BCUT2D eigenvalue weighted by Gasteiger charge is 2.02. The Morgan fingerprint density at radius 1 is 1.14 bits per heavy atom. The number of hydrogen-bond acceptors (Lipinski definition) is 3. The van der Waals surface area contributed by atoms with Crippen LogP contribution in [0.15, 0.2) is 48.8 Å². The molecular weight excluding hydrogens is 278 g/mol. The lowest BCUT2D eigenvalue weighted by Crippen LogP contribution is -2.00. The molecule has 1 aromatic carbocycles. The third kappa shape index (κ3) is 3.39. The van der Waals surface area contributed by atoms with Crippen molar-refractivity contribution in [2.24, 2.45) is 0 Å². The van der Waals surface area contributed by atoms with Crippen molar-refractivity contribution in [2.45, 2.75) is 19.2 Å². The van der Waals surface area contributed by atoms with Gasteiger partial charge in [-0.2, -0.15) is 11.8 Å². The van der Waals surface area contributed by atoms with Crippen molar-refractivity contribution in [1.29, 1.82) is 0 Å². The molecule has 108 valence electrons. The third-order valence-electron chi connectivity index (χ3n) is 3.46. The maximum Gasteiger partial charge on any atom is 0.137 e. The van der Waals surface area contributed by atoms with Gasteiger partial charge in [0, 0.05) is 35.8 Å². The summed E-state index contributed by atoms with van der Waals surface area (Å²) in [5, 5.41) is 4.66. The smallest absolute Gasteiger partial charge is 0.137 e. The molecule has 0 unspecified atom stereocenters. The van der Waals surface area contributed by atoms with Crippen molar-refractivity contribution in [2.75, 3.05) is 11.1 Å². The Bertz CT molecular complexity index is 703. The number of rotatable bonds is 6. The molecule has 0 aliphatic rings. The Kier molecular flexibility index (Phi) is 4.46. The number of thioether (sulfide) groups is 1. The highest BCUT2D eigenvalue weighted by molar-refractivity contribution is 7.98. The minimum absolute atomic E-state index is 0.805. The topological polar surface area (TPSA) is 40.7 Å². The van der Waals surface area contributed by atoms with Gasteiger partial charge in [-0.05, 0) is 41.1 Å². The van der Waals surface area contributed by atoms with Crippen LogP contribution in [0.2, 0.25) is 0 Å². The first-order valence-electron chi connectivity index (χ1n) is 7.18. The predicted octanol–water partition coefficient (Wildman–Crippen LogP) is 4.43. The van der Waals surface area contributed by atoms with Crippen molar-refractivity contribution in [3.05, 3.63) is 59.9 Å². The van der Waals surface area contributed by atoms with E-state index in [2.05, 4.69) is 58.6 Å². The molecule has 0 saturated carbocycles. The van der Waals surface area contributed by atoms with Crippen LogP contribution < -0.4 is 5.32 Å². The molecule has 0 atom stereocenters. The summed E-state index contributed by atoms with van der Waals surface area (Å²) in [5.41, 5.74) is 4.73. The van der Waals surface area contributed by atoms with Crippen molar-refractivity contribution < 1.29 is 0 Å². The van der Waals surface area contributed by atoms with Crippen molar-refractivity contribution in [3.8, 4) is 0 Å². The summed E-state index contributed by atoms with van der Waals surface area (Å²) in [7, 11) is 0. The molecule has 0 aliphatic heterocycles. The molecule has 3 aromatic rings. The molecule has 3 rings (SSSR count). The molecule has 21 heavy (non-hydrogen) atoms. The summed E-state index contributed by atoms with van der Waals surface area (Å²) in [5.74, 6) is 2.25. The fourth-order valence-corrected chi connectivity index (χ4v) is 2.94. The number of nitrogens with one attached hydrogen (secondary N) is 2. The standard InChI is InChI=1S/C17H19N3S/c1-2-21-12-13-3-5-15(6-4-13)20-11-14-7-9-18-17-16(14)8-10-19-17/h3-10,20H,2,11-12H2,1H3,(H,18,19). The molecule has 0 amide bonds. The van der Waals surface area contributed by atoms with Crippen LogP contribution in [0.3, 0.4) is 0 Å². The SMILES string of the molecule is CCSCc1ccc(NCc2ccnc3[nH]ccc23)cc1. The van der Waals surface area contributed by atoms with E-state index in [0.29, 0.717) is 0 Å². The lowest BCUT2D eigenvalue weighted by Gasteiger charge is -2.08. The van der Waals surface area contributed by atoms with E-state index in [1.807, 2.05) is 24.2 Å². The minimum Gasteiger partial charge on any atom is -0.381 e. The van der Waals surface area contributed by atoms with E-state index in [1.54, 1.807) is 0 Å². The molecule has 2 N–H and O–H groups in total. The van der Waals surface area contributed by atoms with Gasteiger partial charge in [0.05, 0.1) is 0 Å². The van der Waals surface area contributed by atoms with Crippen LogP contribution in [0.5, 0.6) is 0 Å². The molecule has 0 spiro atoms. The average Bonchev–Trinajstić information content (AvgIpc) is 3.01. The number of fused-ring (bicyclic) bond motifs is 1. The van der Waals surface area contributed by atoms with Crippen LogP contribution in [0.1, 0.15) is 18.1 Å². The molecule has 0 bridgehead atoms. The number of pyridine rings is 1. The van der Waals surface area contributed by atoms with Gasteiger partial charge in [-0.1, -0.05) is 19.1 Å². The predicted molar refractivity (Wildman–Crippen MR) is 91.7 cm³/mol. The van der Waals surface area contributed by atoms with Crippen LogP contribution in [0, 0.1) is 0 Å². The Morgan fingerprint density at radius 2 is 2.00 bits per heavy atom. The number of anilines is 1. The zero-order valence-electron chi connectivity index (χ0n) is 12.1. The number of aromatic nitrogens is 2. The largest absolute Gasteiger partial charge is 0.381 e. The lowest BCUT2D eigenvalue weighted by atomic mass is 10.1. The van der Waals surface area contributed by atoms with E-state index in [1.165, 1.54) is 16.5 Å². The summed E-state index contributed by atoms with van der Waals surface area (Å²) >= 11 is 1.95. The molecule has 4 heteroatoms. The number of aromatic amines is 1. The number of benzene rings is 1. The van der Waals surface area contributed by atoms with Gasteiger partial charge in [-0.3, -0.25) is 0 Å². The minimum atomic E-state index is 0.805. The summed E-state index contributed by atoms with van der Waals surface area (Å²) in [6.07, 6.45) is 3.78. The van der Waals surface area contributed by atoms with Crippen LogP contribution >= 0.6 is 11.8 Å². The van der Waals surface area contributed by atoms with Crippen molar-refractivity contribution in [3.63, 3.8) is 0 Å². The third-order valence-corrected chi connectivity index (χ3v) is 4.41. The molecule has 0 aliphatic carbocycles. The van der Waals surface area contributed by atoms with E-state index in [9.17, 15) is 0 Å². The first-order valence-corrected chi connectivity index (χ1v) is 8.34. The summed E-state index contributed by atoms with van der Waals surface area (Å²) < 4.78 is 0. The van der Waals surface area contributed by atoms with E-state index in [0.717, 1.165) is 29.4 Å². The second-order valence-electron chi connectivity index (χ2n) is 4.90. The van der Waals surface area contributed by atoms with Gasteiger partial charge in [-0.25, -0.2) is 4.98 Å². The summed E-state index contributed by atoms with van der Waals surface area (Å²) in [4.78, 5) is 7.46. The van der Waals surface area contributed by atoms with Gasteiger partial charge in [0.25, 0.3) is 0 Å². The summed E-state index contributed by atoms with van der Waals surface area (Å²) in [6, 6.07) is 12.8. The quantitative estimate of drug-likeness (QED) is 0.707. The zero-order chi connectivity index (χ0) is 14.5. The van der Waals surface area contributed by atoms with Gasteiger partial charge in [0.1, 0.15) is 5.65 Å². The molecule has 0 radical (unpaired) electrons. The molecule has 3 nitrogen and oxygen atoms in total. The van der Waals surface area contributed by atoms with E-state index >= 15 is 0 Å². The molecule has 2 aromatic heterocycles. The van der Waals surface area contributed by atoms with Gasteiger partial charge < -0.3 is 10.3 Å². The monoisotopic (exact) mass is 297 g/mol. The van der Waals surface area contributed by atoms with E-state index in [-0.39, 0.29) is 0 Å². The van der Waals surface area contributed by atoms with Crippen LogP contribution in [0.4, 0.5) is 5.69 Å². The number of H-pyrrole nitrogens is 1. The molecule has 0 fully saturated rings. The van der Waals surface area contributed by atoms with Gasteiger partial charge in [0.15, 0.2) is 0 Å². The highest BCUT2D eigenvalue weighted by Crippen LogP contribution is 2.18. The average molecular weight is 297 g/mol. The van der Waals surface area contributed by atoms with Crippen LogP contribution in [-0.2, 0) is 12.3 Å². The zero-order valence-corrected chi connectivity index (χ0v) is 12.9. The lowest BCUT2D eigenvalue weighted by molar-refractivity contribution is 1.15. The molecular formula is C17H19N3S. The maximum absolute atomic E-state index is 4.31. The second kappa shape index (κ2) is 6.68. The normalized spacial score (nSPS) is 10.9. The first kappa shape index (κ1) is 14.0. The Balaban J connectivity index is 1.66. The Morgan fingerprint density at radius 3 is 2.81 bits per heavy atom. The van der Waals surface area contributed by atoms with E-state index < -0.39 is 0 Å². The van der Waals surface area contributed by atoms with Crippen LogP contribution in [-0.4, -0.2) is 15.7 Å². The number of nitrogens with zero attached hydrogens (tertiary/aromatic N) is 1. The fourth-order valence-electron chi connectivity index (χ4n) is 2.31. The molecule has 0 saturated heterocycles. The fraction of sp³-hybridized carbons (Fsp3) is 0.235. The van der Waals surface area contributed by atoms with Crippen molar-refractivity contribution in [1.82, 2.24) is 9.97 Å². The summed E-state index contributed by atoms with van der Waals surface area (Å²) in [6.45, 7) is 3.00. The van der Waals surface area contributed by atoms with Gasteiger partial charge >= 0.3 is 0 Å². The maximum atomic E-state index is 4.31. The number of hydrogen-bond donors (Lipinski definition) is 2. The first-order chi connectivity index (χ1) is 10.4. The highest BCUT2D eigenvalue weighted by atomic mass is 32.2. The Labute approximate surface area is 129 Å². The Hall–Kier alpha value is -1.94. The van der Waals surface area contributed by atoms with E-state index in [4.69, 9.17) is 0 Å². The molecule has 2 heterocycles. The van der Waals surface area contributed by atoms with Crippen molar-refractivity contribution >= 4 is 28.5 Å². The van der Waals surface area contributed by atoms with Crippen LogP contribution in [0.25, 0.3) is 11.0 Å².